The molecule has 0 bridgehead atoms. The third-order valence-electron chi connectivity index (χ3n) is 3.45. The number of nitrogens with one attached hydrogen (secondary N) is 2. The van der Waals surface area contributed by atoms with Gasteiger partial charge in [-0.2, -0.15) is 0 Å². The van der Waals surface area contributed by atoms with Crippen molar-refractivity contribution in [3.8, 4) is 0 Å². The van der Waals surface area contributed by atoms with E-state index in [9.17, 15) is 13.2 Å². The van der Waals surface area contributed by atoms with Gasteiger partial charge in [-0.05, 0) is 55.3 Å². The van der Waals surface area contributed by atoms with Crippen molar-refractivity contribution in [1.82, 2.24) is 5.32 Å². The number of sulfonamides is 1. The Bertz CT molecular complexity index is 858. The van der Waals surface area contributed by atoms with Gasteiger partial charge in [0.25, 0.3) is 15.9 Å². The van der Waals surface area contributed by atoms with E-state index in [1.165, 1.54) is 42.5 Å². The minimum Gasteiger partial charge on any atom is -0.349 e. The molecule has 5 nitrogen and oxygen atoms in total. The molecule has 0 aliphatic heterocycles. The smallest absolute Gasteiger partial charge is 0.261 e. The molecule has 126 valence electrons. The van der Waals surface area contributed by atoms with E-state index >= 15 is 0 Å². The highest BCUT2D eigenvalue weighted by molar-refractivity contribution is 7.92. The van der Waals surface area contributed by atoms with Crippen LogP contribution in [0.5, 0.6) is 0 Å². The zero-order valence-corrected chi connectivity index (χ0v) is 14.8. The quantitative estimate of drug-likeness (QED) is 0.825. The van der Waals surface area contributed by atoms with E-state index in [-0.39, 0.29) is 22.5 Å². The van der Waals surface area contributed by atoms with Crippen LogP contribution in [0.25, 0.3) is 0 Å². The van der Waals surface area contributed by atoms with Gasteiger partial charge in [0.2, 0.25) is 0 Å². The highest BCUT2D eigenvalue weighted by atomic mass is 35.5. The summed E-state index contributed by atoms with van der Waals surface area (Å²) in [5, 5.41) is 3.50. The van der Waals surface area contributed by atoms with Gasteiger partial charge in [-0.3, -0.25) is 9.52 Å². The van der Waals surface area contributed by atoms with Crippen molar-refractivity contribution in [2.75, 3.05) is 4.72 Å². The number of anilines is 1. The minimum atomic E-state index is -3.80. The van der Waals surface area contributed by atoms with Gasteiger partial charge in [0.15, 0.2) is 0 Å². The number of carbonyl (C=O) groups excluding carboxylic acids is 1. The molecule has 2 aromatic carbocycles. The molecule has 1 amide bonds. The van der Waals surface area contributed by atoms with Gasteiger partial charge in [-0.1, -0.05) is 23.2 Å². The van der Waals surface area contributed by atoms with Gasteiger partial charge in [0.1, 0.15) is 0 Å². The third-order valence-corrected chi connectivity index (χ3v) is 5.29. The fourth-order valence-corrected chi connectivity index (χ4v) is 3.68. The molecule has 0 spiro atoms. The predicted molar refractivity (Wildman–Crippen MR) is 94.2 cm³/mol. The van der Waals surface area contributed by atoms with Crippen molar-refractivity contribution in [3.05, 3.63) is 58.1 Å². The summed E-state index contributed by atoms with van der Waals surface area (Å²) in [6.45, 7) is 0. The van der Waals surface area contributed by atoms with Gasteiger partial charge in [0.05, 0.1) is 10.6 Å². The molecule has 0 heterocycles. The van der Waals surface area contributed by atoms with E-state index < -0.39 is 10.0 Å². The summed E-state index contributed by atoms with van der Waals surface area (Å²) in [6.07, 6.45) is 1.98. The van der Waals surface area contributed by atoms with Crippen LogP contribution in [-0.4, -0.2) is 20.4 Å². The average molecular weight is 385 g/mol. The van der Waals surface area contributed by atoms with Crippen molar-refractivity contribution < 1.29 is 13.2 Å². The van der Waals surface area contributed by atoms with E-state index in [4.69, 9.17) is 23.2 Å². The first-order valence-electron chi connectivity index (χ1n) is 7.23. The maximum atomic E-state index is 12.4. The van der Waals surface area contributed by atoms with Crippen molar-refractivity contribution >= 4 is 44.8 Å². The summed E-state index contributed by atoms with van der Waals surface area (Å²) in [5.41, 5.74) is 0.690. The van der Waals surface area contributed by atoms with Crippen LogP contribution in [-0.2, 0) is 10.0 Å². The summed E-state index contributed by atoms with van der Waals surface area (Å²) >= 11 is 11.7. The Labute approximate surface area is 150 Å². The number of amides is 1. The monoisotopic (exact) mass is 384 g/mol. The molecule has 2 aromatic rings. The summed E-state index contributed by atoms with van der Waals surface area (Å²) in [4.78, 5) is 12.0. The number of benzene rings is 2. The normalized spacial score (nSPS) is 14.2. The number of hydrogen-bond acceptors (Lipinski definition) is 3. The Hall–Kier alpha value is -1.76. The maximum Gasteiger partial charge on any atom is 0.261 e. The Kier molecular flexibility index (Phi) is 4.71. The Balaban J connectivity index is 1.77. The molecule has 3 rings (SSSR count). The SMILES string of the molecule is O=C(NC1CC1)c1ccc(S(=O)(=O)Nc2cc(Cl)cc(Cl)c2)cc1. The molecule has 1 aliphatic rings. The average Bonchev–Trinajstić information content (AvgIpc) is 3.29. The van der Waals surface area contributed by atoms with E-state index in [2.05, 4.69) is 10.0 Å². The van der Waals surface area contributed by atoms with Gasteiger partial charge in [-0.25, -0.2) is 8.42 Å². The standard InChI is InChI=1S/C16H14Cl2N2O3S/c17-11-7-12(18)9-14(8-11)20-24(22,23)15-5-1-10(2-6-15)16(21)19-13-3-4-13/h1-2,5-9,13,20H,3-4H2,(H,19,21). The first kappa shape index (κ1) is 17.1. The molecule has 2 N–H and O–H groups in total. The summed E-state index contributed by atoms with van der Waals surface area (Å²) in [6, 6.07) is 10.4. The lowest BCUT2D eigenvalue weighted by molar-refractivity contribution is 0.0951. The first-order chi connectivity index (χ1) is 11.3. The second-order valence-electron chi connectivity index (χ2n) is 5.54. The number of halogens is 2. The van der Waals surface area contributed by atoms with E-state index in [1.54, 1.807) is 0 Å². The Morgan fingerprint density at radius 3 is 2.12 bits per heavy atom. The fraction of sp³-hybridized carbons (Fsp3) is 0.188. The number of carbonyl (C=O) groups is 1. The molecule has 24 heavy (non-hydrogen) atoms. The molecule has 0 radical (unpaired) electrons. The van der Waals surface area contributed by atoms with E-state index in [1.807, 2.05) is 0 Å². The second kappa shape index (κ2) is 6.63. The van der Waals surface area contributed by atoms with Crippen LogP contribution in [0.3, 0.4) is 0 Å². The fourth-order valence-electron chi connectivity index (χ4n) is 2.11. The summed E-state index contributed by atoms with van der Waals surface area (Å²) < 4.78 is 27.2. The maximum absolute atomic E-state index is 12.4. The van der Waals surface area contributed by atoms with Crippen LogP contribution >= 0.6 is 23.2 Å². The van der Waals surface area contributed by atoms with Gasteiger partial charge >= 0.3 is 0 Å². The van der Waals surface area contributed by atoms with Crippen molar-refractivity contribution in [2.45, 2.75) is 23.8 Å². The van der Waals surface area contributed by atoms with Gasteiger partial charge < -0.3 is 5.32 Å². The highest BCUT2D eigenvalue weighted by Crippen LogP contribution is 2.25. The molecule has 0 atom stereocenters. The molecule has 0 aromatic heterocycles. The van der Waals surface area contributed by atoms with E-state index in [0.717, 1.165) is 12.8 Å². The van der Waals surface area contributed by atoms with Crippen molar-refractivity contribution in [2.24, 2.45) is 0 Å². The van der Waals surface area contributed by atoms with E-state index in [0.29, 0.717) is 15.6 Å². The minimum absolute atomic E-state index is 0.0431. The third kappa shape index (κ3) is 4.20. The van der Waals surface area contributed by atoms with Crippen LogP contribution in [0.15, 0.2) is 47.4 Å². The Morgan fingerprint density at radius 1 is 1.00 bits per heavy atom. The molecule has 1 aliphatic carbocycles. The van der Waals surface area contributed by atoms with Crippen LogP contribution in [0, 0.1) is 0 Å². The highest BCUT2D eigenvalue weighted by Gasteiger charge is 2.24. The molecule has 1 fully saturated rings. The Morgan fingerprint density at radius 2 is 1.58 bits per heavy atom. The number of hydrogen-bond donors (Lipinski definition) is 2. The summed E-state index contributed by atoms with van der Waals surface area (Å²) in [7, 11) is -3.80. The molecular formula is C16H14Cl2N2O3S. The predicted octanol–water partition coefficient (Wildman–Crippen LogP) is 3.69. The lowest BCUT2D eigenvalue weighted by Gasteiger charge is -2.10. The molecule has 8 heteroatoms. The van der Waals surface area contributed by atoms with Crippen LogP contribution in [0.2, 0.25) is 10.0 Å². The zero-order valence-electron chi connectivity index (χ0n) is 12.4. The van der Waals surface area contributed by atoms with Gasteiger partial charge in [-0.15, -0.1) is 0 Å². The van der Waals surface area contributed by atoms with Gasteiger partial charge in [0, 0.05) is 21.7 Å². The lowest BCUT2D eigenvalue weighted by atomic mass is 10.2. The molecule has 1 saturated carbocycles. The topological polar surface area (TPSA) is 75.3 Å². The number of rotatable bonds is 5. The zero-order chi connectivity index (χ0) is 17.3. The summed E-state index contributed by atoms with van der Waals surface area (Å²) in [5.74, 6) is -0.198. The van der Waals surface area contributed by atoms with Crippen LogP contribution < -0.4 is 10.0 Å². The van der Waals surface area contributed by atoms with Crippen molar-refractivity contribution in [1.29, 1.82) is 0 Å². The van der Waals surface area contributed by atoms with Crippen LogP contribution in [0.1, 0.15) is 23.2 Å². The molecule has 0 saturated heterocycles. The molecule has 0 unspecified atom stereocenters. The van der Waals surface area contributed by atoms with Crippen molar-refractivity contribution in [3.63, 3.8) is 0 Å². The second-order valence-corrected chi connectivity index (χ2v) is 8.09. The first-order valence-corrected chi connectivity index (χ1v) is 9.47. The van der Waals surface area contributed by atoms with Crippen LogP contribution in [0.4, 0.5) is 5.69 Å². The molecular weight excluding hydrogens is 371 g/mol. The lowest BCUT2D eigenvalue weighted by Crippen LogP contribution is -2.25. The largest absolute Gasteiger partial charge is 0.349 e.